The summed E-state index contributed by atoms with van der Waals surface area (Å²) in [7, 11) is 1.65. The summed E-state index contributed by atoms with van der Waals surface area (Å²) in [5, 5.41) is 2.66. The van der Waals surface area contributed by atoms with Crippen LogP contribution in [0.5, 0.6) is 0 Å². The summed E-state index contributed by atoms with van der Waals surface area (Å²) in [6, 6.07) is 0. The van der Waals surface area contributed by atoms with Gasteiger partial charge in [-0.05, 0) is 19.3 Å². The van der Waals surface area contributed by atoms with E-state index in [0.29, 0.717) is 19.6 Å². The van der Waals surface area contributed by atoms with Gasteiger partial charge < -0.3 is 16.0 Å². The SMILES string of the molecule is CCC(CN)C(=O)N1CCC(C(=O)NC)CC1. The third-order valence-corrected chi connectivity index (χ3v) is 3.55. The Balaban J connectivity index is 2.46. The quantitative estimate of drug-likeness (QED) is 0.725. The number of rotatable bonds is 4. The summed E-state index contributed by atoms with van der Waals surface area (Å²) in [5.41, 5.74) is 5.58. The van der Waals surface area contributed by atoms with Crippen molar-refractivity contribution >= 4 is 11.8 Å². The smallest absolute Gasteiger partial charge is 0.226 e. The average molecular weight is 241 g/mol. The Labute approximate surface area is 103 Å². The standard InChI is InChI=1S/C12H23N3O2/c1-3-9(8-13)12(17)15-6-4-10(5-7-15)11(16)14-2/h9-10H,3-8,13H2,1-2H3,(H,14,16). The molecule has 1 atom stereocenters. The molecule has 2 amide bonds. The van der Waals surface area contributed by atoms with E-state index < -0.39 is 0 Å². The maximum atomic E-state index is 12.1. The van der Waals surface area contributed by atoms with Crippen LogP contribution >= 0.6 is 0 Å². The molecule has 5 heteroatoms. The van der Waals surface area contributed by atoms with Crippen LogP contribution in [0.4, 0.5) is 0 Å². The van der Waals surface area contributed by atoms with Crippen molar-refractivity contribution < 1.29 is 9.59 Å². The Kier molecular flexibility index (Phi) is 5.41. The fourth-order valence-corrected chi connectivity index (χ4v) is 2.27. The van der Waals surface area contributed by atoms with Crippen LogP contribution in [0.1, 0.15) is 26.2 Å². The molecule has 0 aliphatic carbocycles. The van der Waals surface area contributed by atoms with E-state index in [1.165, 1.54) is 0 Å². The zero-order chi connectivity index (χ0) is 12.8. The molecule has 98 valence electrons. The Morgan fingerprint density at radius 3 is 2.41 bits per heavy atom. The molecule has 1 saturated heterocycles. The number of hydrogen-bond donors (Lipinski definition) is 2. The zero-order valence-electron chi connectivity index (χ0n) is 10.7. The zero-order valence-corrected chi connectivity index (χ0v) is 10.7. The lowest BCUT2D eigenvalue weighted by atomic mass is 9.94. The van der Waals surface area contributed by atoms with Crippen molar-refractivity contribution in [3.8, 4) is 0 Å². The highest BCUT2D eigenvalue weighted by Crippen LogP contribution is 2.19. The van der Waals surface area contributed by atoms with Gasteiger partial charge in [0, 0.05) is 32.6 Å². The second-order valence-electron chi connectivity index (χ2n) is 4.55. The van der Waals surface area contributed by atoms with Gasteiger partial charge >= 0.3 is 0 Å². The van der Waals surface area contributed by atoms with Crippen LogP contribution in [0.3, 0.4) is 0 Å². The molecule has 0 spiro atoms. The molecule has 1 unspecified atom stereocenters. The topological polar surface area (TPSA) is 75.4 Å². The fourth-order valence-electron chi connectivity index (χ4n) is 2.27. The van der Waals surface area contributed by atoms with Crippen LogP contribution in [-0.4, -0.2) is 43.4 Å². The lowest BCUT2D eigenvalue weighted by molar-refractivity contribution is -0.138. The number of likely N-dealkylation sites (tertiary alicyclic amines) is 1. The number of nitrogens with one attached hydrogen (secondary N) is 1. The molecule has 0 aromatic carbocycles. The van der Waals surface area contributed by atoms with Gasteiger partial charge in [0.25, 0.3) is 0 Å². The largest absolute Gasteiger partial charge is 0.359 e. The molecule has 1 aliphatic heterocycles. The predicted octanol–water partition coefficient (Wildman–Crippen LogP) is -0.0441. The number of piperidine rings is 1. The average Bonchev–Trinajstić information content (AvgIpc) is 2.39. The molecule has 0 saturated carbocycles. The van der Waals surface area contributed by atoms with Gasteiger partial charge in [0.05, 0.1) is 5.92 Å². The number of hydrogen-bond acceptors (Lipinski definition) is 3. The van der Waals surface area contributed by atoms with Gasteiger partial charge in [-0.2, -0.15) is 0 Å². The van der Waals surface area contributed by atoms with Crippen molar-refractivity contribution in [2.75, 3.05) is 26.7 Å². The van der Waals surface area contributed by atoms with Crippen LogP contribution < -0.4 is 11.1 Å². The summed E-state index contributed by atoms with van der Waals surface area (Å²) in [5.74, 6) is 0.224. The summed E-state index contributed by atoms with van der Waals surface area (Å²) < 4.78 is 0. The van der Waals surface area contributed by atoms with Crippen LogP contribution in [0, 0.1) is 11.8 Å². The Morgan fingerprint density at radius 2 is 2.00 bits per heavy atom. The Bertz CT molecular complexity index is 269. The minimum absolute atomic E-state index is 0.0574. The van der Waals surface area contributed by atoms with Gasteiger partial charge in [-0.1, -0.05) is 6.92 Å². The Hall–Kier alpha value is -1.10. The molecular formula is C12H23N3O2. The van der Waals surface area contributed by atoms with E-state index in [4.69, 9.17) is 5.73 Å². The first-order valence-electron chi connectivity index (χ1n) is 6.34. The van der Waals surface area contributed by atoms with Gasteiger partial charge in [-0.3, -0.25) is 9.59 Å². The summed E-state index contributed by atoms with van der Waals surface area (Å²) in [4.78, 5) is 25.4. The maximum absolute atomic E-state index is 12.1. The van der Waals surface area contributed by atoms with Crippen molar-refractivity contribution in [1.82, 2.24) is 10.2 Å². The highest BCUT2D eigenvalue weighted by Gasteiger charge is 2.29. The highest BCUT2D eigenvalue weighted by molar-refractivity contribution is 5.81. The third kappa shape index (κ3) is 3.43. The van der Waals surface area contributed by atoms with Crippen LogP contribution in [-0.2, 0) is 9.59 Å². The molecule has 0 aromatic rings. The molecule has 0 bridgehead atoms. The van der Waals surface area contributed by atoms with E-state index >= 15 is 0 Å². The molecule has 0 aromatic heterocycles. The summed E-state index contributed by atoms with van der Waals surface area (Å²) in [6.45, 7) is 3.73. The second-order valence-corrected chi connectivity index (χ2v) is 4.55. The van der Waals surface area contributed by atoms with Crippen LogP contribution in [0.25, 0.3) is 0 Å². The molecular weight excluding hydrogens is 218 g/mol. The molecule has 1 heterocycles. The van der Waals surface area contributed by atoms with E-state index in [2.05, 4.69) is 5.32 Å². The van der Waals surface area contributed by atoms with Gasteiger partial charge in [0.1, 0.15) is 0 Å². The van der Waals surface area contributed by atoms with Crippen molar-refractivity contribution in [1.29, 1.82) is 0 Å². The van der Waals surface area contributed by atoms with E-state index in [9.17, 15) is 9.59 Å². The Morgan fingerprint density at radius 1 is 1.41 bits per heavy atom. The summed E-state index contributed by atoms with van der Waals surface area (Å²) in [6.07, 6.45) is 2.30. The van der Waals surface area contributed by atoms with Crippen molar-refractivity contribution in [3.05, 3.63) is 0 Å². The number of nitrogens with two attached hydrogens (primary N) is 1. The fraction of sp³-hybridized carbons (Fsp3) is 0.833. The number of amides is 2. The van der Waals surface area contributed by atoms with E-state index in [0.717, 1.165) is 19.3 Å². The first-order chi connectivity index (χ1) is 8.13. The van der Waals surface area contributed by atoms with Gasteiger partial charge in [-0.25, -0.2) is 0 Å². The predicted molar refractivity (Wildman–Crippen MR) is 66.2 cm³/mol. The lowest BCUT2D eigenvalue weighted by Gasteiger charge is -2.33. The normalized spacial score (nSPS) is 18.9. The van der Waals surface area contributed by atoms with Gasteiger partial charge in [0.15, 0.2) is 0 Å². The van der Waals surface area contributed by atoms with Crippen molar-refractivity contribution in [2.24, 2.45) is 17.6 Å². The molecule has 5 nitrogen and oxygen atoms in total. The van der Waals surface area contributed by atoms with E-state index in [1.807, 2.05) is 11.8 Å². The molecule has 1 fully saturated rings. The molecule has 1 rings (SSSR count). The van der Waals surface area contributed by atoms with Gasteiger partial charge in [0.2, 0.25) is 11.8 Å². The van der Waals surface area contributed by atoms with Gasteiger partial charge in [-0.15, -0.1) is 0 Å². The monoisotopic (exact) mass is 241 g/mol. The lowest BCUT2D eigenvalue weighted by Crippen LogP contribution is -2.45. The first-order valence-corrected chi connectivity index (χ1v) is 6.34. The van der Waals surface area contributed by atoms with E-state index in [-0.39, 0.29) is 23.7 Å². The molecule has 1 aliphatic rings. The van der Waals surface area contributed by atoms with E-state index in [1.54, 1.807) is 7.05 Å². The number of nitrogens with zero attached hydrogens (tertiary/aromatic N) is 1. The highest BCUT2D eigenvalue weighted by atomic mass is 16.2. The maximum Gasteiger partial charge on any atom is 0.226 e. The number of carbonyl (C=O) groups excluding carboxylic acids is 2. The summed E-state index contributed by atoms with van der Waals surface area (Å²) >= 11 is 0. The third-order valence-electron chi connectivity index (χ3n) is 3.55. The first kappa shape index (κ1) is 14.0. The molecule has 17 heavy (non-hydrogen) atoms. The second kappa shape index (κ2) is 6.59. The van der Waals surface area contributed by atoms with Crippen molar-refractivity contribution in [2.45, 2.75) is 26.2 Å². The minimum atomic E-state index is -0.0634. The van der Waals surface area contributed by atoms with Crippen molar-refractivity contribution in [3.63, 3.8) is 0 Å². The minimum Gasteiger partial charge on any atom is -0.359 e. The molecule has 0 radical (unpaired) electrons. The number of carbonyl (C=O) groups is 2. The molecule has 3 N–H and O–H groups in total. The van der Waals surface area contributed by atoms with Crippen LogP contribution in [0.2, 0.25) is 0 Å². The van der Waals surface area contributed by atoms with Crippen LogP contribution in [0.15, 0.2) is 0 Å².